The first kappa shape index (κ1) is 28.3. The summed E-state index contributed by atoms with van der Waals surface area (Å²) in [5, 5.41) is 17.1. The molecule has 3 aromatic heterocycles. The standard InChI is InChI=1S/C26H29F5N8O3/c1-24(2,26(29,30)31)6-5-16(35-22(40)21-20(14-3-4-14)36-42-37-21)17-12-39-19(34-17)7-13(9-33-39)11-38-18-8-15(25(18,27)28)10-32-23(38)41/h7,9,12,14-16,18H,3-6,8,10-11H2,1-2H3,(H,32,41)(H,35,40)/t15-,16+,18?/m1/s1. The van der Waals surface area contributed by atoms with E-state index in [9.17, 15) is 31.5 Å². The average molecular weight is 597 g/mol. The second-order valence-electron chi connectivity index (χ2n) is 12.0. The first-order chi connectivity index (χ1) is 19.7. The second-order valence-corrected chi connectivity index (χ2v) is 12.0. The van der Waals surface area contributed by atoms with E-state index < -0.39 is 47.5 Å². The summed E-state index contributed by atoms with van der Waals surface area (Å²) >= 11 is 0. The molecule has 11 nitrogen and oxygen atoms in total. The van der Waals surface area contributed by atoms with Crippen molar-refractivity contribution in [3.05, 3.63) is 41.1 Å². The largest absolute Gasteiger partial charge is 0.393 e. The lowest BCUT2D eigenvalue weighted by molar-refractivity contribution is -0.214. The fraction of sp³-hybridized carbons (Fsp3) is 0.615. The van der Waals surface area contributed by atoms with Gasteiger partial charge in [0.15, 0.2) is 11.3 Å². The third-order valence-corrected chi connectivity index (χ3v) is 8.56. The summed E-state index contributed by atoms with van der Waals surface area (Å²) in [6.07, 6.45) is -0.152. The van der Waals surface area contributed by atoms with E-state index in [1.807, 2.05) is 0 Å². The predicted molar refractivity (Wildman–Crippen MR) is 134 cm³/mol. The molecule has 16 heteroatoms. The van der Waals surface area contributed by atoms with Crippen LogP contribution < -0.4 is 10.6 Å². The molecule has 7 rings (SSSR count). The highest BCUT2D eigenvalue weighted by Crippen LogP contribution is 2.48. The van der Waals surface area contributed by atoms with Crippen molar-refractivity contribution in [3.63, 3.8) is 0 Å². The highest BCUT2D eigenvalue weighted by atomic mass is 19.4. The van der Waals surface area contributed by atoms with Crippen molar-refractivity contribution in [1.29, 1.82) is 0 Å². The van der Waals surface area contributed by atoms with E-state index in [2.05, 4.69) is 31.0 Å². The minimum absolute atomic E-state index is 0.0208. The highest BCUT2D eigenvalue weighted by molar-refractivity contribution is 5.93. The summed E-state index contributed by atoms with van der Waals surface area (Å²) in [6, 6.07) is -1.20. The third-order valence-electron chi connectivity index (χ3n) is 8.56. The van der Waals surface area contributed by atoms with Crippen LogP contribution in [0.1, 0.15) is 85.4 Å². The average Bonchev–Trinajstić information content (AvgIpc) is 3.55. The number of urea groups is 1. The van der Waals surface area contributed by atoms with E-state index in [1.54, 1.807) is 6.07 Å². The zero-order chi connectivity index (χ0) is 30.0. The third kappa shape index (κ3) is 5.04. The SMILES string of the molecule is CC(C)(CC[C@H](NC(=O)c1nonc1C1CC1)c1cn2ncc(CN3C(=O)NC[C@H]4CC3C4(F)F)cc2n1)C(F)(F)F. The summed E-state index contributed by atoms with van der Waals surface area (Å²) in [7, 11) is 0. The lowest BCUT2D eigenvalue weighted by Crippen LogP contribution is -2.60. The summed E-state index contributed by atoms with van der Waals surface area (Å²) in [4.78, 5) is 31.2. The summed E-state index contributed by atoms with van der Waals surface area (Å²) < 4.78 is 76.0. The maximum Gasteiger partial charge on any atom is 0.393 e. The molecule has 1 unspecified atom stereocenters. The number of fused-ring (bicyclic) bond motifs is 4. The van der Waals surface area contributed by atoms with Crippen LogP contribution in [-0.2, 0) is 6.54 Å². The smallest absolute Gasteiger partial charge is 0.342 e. The van der Waals surface area contributed by atoms with Gasteiger partial charge < -0.3 is 15.5 Å². The molecule has 2 saturated heterocycles. The number of aromatic nitrogens is 5. The van der Waals surface area contributed by atoms with Crippen LogP contribution >= 0.6 is 0 Å². The Morgan fingerprint density at radius 1 is 1.26 bits per heavy atom. The number of rotatable bonds is 9. The highest BCUT2D eigenvalue weighted by Gasteiger charge is 2.62. The van der Waals surface area contributed by atoms with Crippen molar-refractivity contribution in [3.8, 4) is 0 Å². The van der Waals surface area contributed by atoms with Gasteiger partial charge in [-0.25, -0.2) is 27.7 Å². The molecule has 0 spiro atoms. The van der Waals surface area contributed by atoms with Gasteiger partial charge in [0.1, 0.15) is 5.69 Å². The van der Waals surface area contributed by atoms with Crippen molar-refractivity contribution in [1.82, 2.24) is 40.4 Å². The van der Waals surface area contributed by atoms with Gasteiger partial charge >= 0.3 is 12.2 Å². The number of nitrogens with one attached hydrogen (secondary N) is 2. The molecule has 2 aliphatic heterocycles. The quantitative estimate of drug-likeness (QED) is 0.351. The summed E-state index contributed by atoms with van der Waals surface area (Å²) in [5.41, 5.74) is -0.691. The number of alkyl halides is 5. The molecule has 4 aliphatic rings. The van der Waals surface area contributed by atoms with Crippen LogP contribution in [0.3, 0.4) is 0 Å². The maximum atomic E-state index is 14.5. The molecule has 5 heterocycles. The molecule has 0 aromatic carbocycles. The first-order valence-corrected chi connectivity index (χ1v) is 13.7. The molecule has 4 fully saturated rings. The van der Waals surface area contributed by atoms with Crippen LogP contribution in [0.15, 0.2) is 23.1 Å². The fourth-order valence-electron chi connectivity index (χ4n) is 5.42. The van der Waals surface area contributed by atoms with Gasteiger partial charge in [-0.05, 0) is 48.9 Å². The Morgan fingerprint density at radius 2 is 2.02 bits per heavy atom. The van der Waals surface area contributed by atoms with Crippen LogP contribution in [0.4, 0.5) is 26.7 Å². The Balaban J connectivity index is 1.25. The van der Waals surface area contributed by atoms with Crippen LogP contribution in [-0.4, -0.2) is 66.4 Å². The van der Waals surface area contributed by atoms with Gasteiger partial charge in [0.2, 0.25) is 0 Å². The van der Waals surface area contributed by atoms with Crippen molar-refractivity contribution in [2.75, 3.05) is 6.54 Å². The van der Waals surface area contributed by atoms with Gasteiger partial charge in [-0.2, -0.15) is 18.3 Å². The Hall–Kier alpha value is -3.85. The number of carbonyl (C=O) groups is 2. The molecule has 2 N–H and O–H groups in total. The van der Waals surface area contributed by atoms with Crippen molar-refractivity contribution in [2.24, 2.45) is 11.3 Å². The molecule has 3 atom stereocenters. The minimum Gasteiger partial charge on any atom is -0.342 e. The van der Waals surface area contributed by atoms with E-state index in [0.29, 0.717) is 11.3 Å². The number of carbonyl (C=O) groups excluding carboxylic acids is 2. The van der Waals surface area contributed by atoms with E-state index >= 15 is 0 Å². The van der Waals surface area contributed by atoms with Crippen LogP contribution in [0.25, 0.3) is 5.65 Å². The van der Waals surface area contributed by atoms with Crippen molar-refractivity contribution >= 4 is 17.6 Å². The van der Waals surface area contributed by atoms with Gasteiger partial charge in [0.25, 0.3) is 11.8 Å². The molecule has 0 radical (unpaired) electrons. The Morgan fingerprint density at radius 3 is 2.71 bits per heavy atom. The van der Waals surface area contributed by atoms with Gasteiger partial charge in [-0.1, -0.05) is 19.0 Å². The van der Waals surface area contributed by atoms with E-state index in [1.165, 1.54) is 16.9 Å². The lowest BCUT2D eigenvalue weighted by atomic mass is 9.75. The Labute approximate surface area is 236 Å². The van der Waals surface area contributed by atoms with Gasteiger partial charge in [0.05, 0.1) is 35.6 Å². The zero-order valence-electron chi connectivity index (χ0n) is 22.8. The maximum absolute atomic E-state index is 14.5. The number of amides is 3. The molecule has 2 aliphatic carbocycles. The Kier molecular flexibility index (Phi) is 6.64. The zero-order valence-corrected chi connectivity index (χ0v) is 22.8. The molecule has 3 aromatic rings. The van der Waals surface area contributed by atoms with Gasteiger partial charge in [0, 0.05) is 24.9 Å². The predicted octanol–water partition coefficient (Wildman–Crippen LogP) is 4.38. The molecule has 42 heavy (non-hydrogen) atoms. The first-order valence-electron chi connectivity index (χ1n) is 13.7. The number of imidazole rings is 1. The molecular formula is C26H29F5N8O3. The Bertz CT molecular complexity index is 1510. The van der Waals surface area contributed by atoms with Crippen molar-refractivity contribution in [2.45, 2.75) is 82.6 Å². The van der Waals surface area contributed by atoms with Gasteiger partial charge in [-0.3, -0.25) is 4.79 Å². The van der Waals surface area contributed by atoms with E-state index in [-0.39, 0.29) is 55.3 Å². The second kappa shape index (κ2) is 9.87. The monoisotopic (exact) mass is 596 g/mol. The number of halogens is 5. The molecule has 226 valence electrons. The van der Waals surface area contributed by atoms with Crippen molar-refractivity contribution < 1.29 is 36.2 Å². The molecule has 2 saturated carbocycles. The number of hydrogen-bond donors (Lipinski definition) is 2. The topological polar surface area (TPSA) is 131 Å². The summed E-state index contributed by atoms with van der Waals surface area (Å²) in [5.74, 6) is -4.49. The summed E-state index contributed by atoms with van der Waals surface area (Å²) in [6.45, 7) is 1.95. The van der Waals surface area contributed by atoms with Crippen LogP contribution in [0, 0.1) is 11.3 Å². The van der Waals surface area contributed by atoms with Crippen LogP contribution in [0.2, 0.25) is 0 Å². The van der Waals surface area contributed by atoms with Gasteiger partial charge in [-0.15, -0.1) is 0 Å². The molecule has 2 bridgehead atoms. The molecular weight excluding hydrogens is 567 g/mol. The minimum atomic E-state index is -4.47. The normalized spacial score (nSPS) is 22.8. The lowest BCUT2D eigenvalue weighted by Gasteiger charge is -2.45. The van der Waals surface area contributed by atoms with Crippen LogP contribution in [0.5, 0.6) is 0 Å². The number of hydrogen-bond acceptors (Lipinski definition) is 7. The fourth-order valence-corrected chi connectivity index (χ4v) is 5.42. The van der Waals surface area contributed by atoms with E-state index in [0.717, 1.165) is 31.6 Å². The number of nitrogens with zero attached hydrogens (tertiary/aromatic N) is 6. The molecule has 3 amide bonds. The van der Waals surface area contributed by atoms with E-state index in [4.69, 9.17) is 4.63 Å².